The van der Waals surface area contributed by atoms with E-state index in [1.807, 2.05) is 108 Å². The van der Waals surface area contributed by atoms with Crippen molar-refractivity contribution in [3.63, 3.8) is 0 Å². The fraction of sp³-hybridized carbons (Fsp3) is 0. The van der Waals surface area contributed by atoms with Crippen LogP contribution < -0.4 is 0 Å². The molecule has 0 aliphatic carbocycles. The van der Waals surface area contributed by atoms with Gasteiger partial charge in [0.2, 0.25) is 0 Å². The van der Waals surface area contributed by atoms with E-state index in [-0.39, 0.29) is 0 Å². The highest BCUT2D eigenvalue weighted by molar-refractivity contribution is 7.26. The Balaban J connectivity index is 0.000000105. The molecule has 6 heterocycles. The molecule has 0 radical (unpaired) electrons. The standard InChI is InChI=1S/C39H23N3O.2C39H23N3S/c1-2-10-25(11-3-1)37-40-38(42-39(41-37)34-15-8-14-33-32-13-6-7-16-35(32)43-36(33)34)27-19-20-29-26(23-27)18-22-30-28-12-5-4-9-24(28)17-21-31(29)30;1-2-9-25(10-3-1)37-40-38(42-39(41-37)28-17-21-36-34(23-28)33-12-6-7-13-35(33)43-36)27-16-18-30-26(22-27)15-20-31-29-11-5-4-8-24(29)14-19-32(30)31;1-2-9-25(10-3-1)37-40-38(42-39(41-37)28-17-21-34-33-12-6-7-13-35(33)43-36(34)23-28)27-16-18-30-26(22-27)15-20-31-29-11-5-4-8-24(29)14-19-32(30)31/h3*1-23H. The van der Waals surface area contributed by atoms with Gasteiger partial charge in [-0.05, 0) is 164 Å². The first-order chi connectivity index (χ1) is 63.9. The normalized spacial score (nSPS) is 11.7. The van der Waals surface area contributed by atoms with Gasteiger partial charge in [0.1, 0.15) is 11.2 Å². The smallest absolute Gasteiger partial charge is 0.167 e. The predicted octanol–water partition coefficient (Wildman–Crippen LogP) is 31.6. The fourth-order valence-electron chi connectivity index (χ4n) is 18.6. The molecule has 129 heavy (non-hydrogen) atoms. The van der Waals surface area contributed by atoms with E-state index in [1.54, 1.807) is 11.3 Å². The maximum absolute atomic E-state index is 6.36. The minimum absolute atomic E-state index is 0.582. The number of hydrogen-bond acceptors (Lipinski definition) is 12. The molecular formula is C117H69N9OS2. The molecule has 0 saturated carbocycles. The number of rotatable bonds is 9. The van der Waals surface area contributed by atoms with E-state index >= 15 is 0 Å². The number of benzene rings is 21. The quantitative estimate of drug-likeness (QED) is 0.129. The molecule has 0 fully saturated rings. The number of furan rings is 1. The molecule has 0 aliphatic heterocycles. The van der Waals surface area contributed by atoms with Crippen LogP contribution in [-0.4, -0.2) is 44.9 Å². The number of hydrogen-bond donors (Lipinski definition) is 0. The lowest BCUT2D eigenvalue weighted by Gasteiger charge is -2.11. The second kappa shape index (κ2) is 31.2. The van der Waals surface area contributed by atoms with Crippen molar-refractivity contribution in [2.24, 2.45) is 0 Å². The van der Waals surface area contributed by atoms with Crippen molar-refractivity contribution in [2.45, 2.75) is 0 Å². The van der Waals surface area contributed by atoms with Gasteiger partial charge in [0.25, 0.3) is 0 Å². The van der Waals surface area contributed by atoms with Crippen LogP contribution in [-0.2, 0) is 0 Å². The fourth-order valence-corrected chi connectivity index (χ4v) is 20.8. The molecule has 0 N–H and O–H groups in total. The lowest BCUT2D eigenvalue weighted by molar-refractivity contribution is 0.669. The van der Waals surface area contributed by atoms with Crippen molar-refractivity contribution in [3.05, 3.63) is 419 Å². The van der Waals surface area contributed by atoms with Gasteiger partial charge in [0.05, 0.1) is 5.56 Å². The summed E-state index contributed by atoms with van der Waals surface area (Å²) < 4.78 is 11.4. The molecule has 0 bridgehead atoms. The Morgan fingerprint density at radius 1 is 0.147 bits per heavy atom. The Bertz CT molecular complexity index is 9220. The summed E-state index contributed by atoms with van der Waals surface area (Å²) in [5.41, 5.74) is 10.2. The molecule has 6 aromatic heterocycles. The summed E-state index contributed by atoms with van der Waals surface area (Å²) in [5, 5.41) is 29.4. The van der Waals surface area contributed by atoms with E-state index in [4.69, 9.17) is 49.3 Å². The highest BCUT2D eigenvalue weighted by Gasteiger charge is 2.22. The van der Waals surface area contributed by atoms with Gasteiger partial charge in [-0.25, -0.2) is 44.9 Å². The lowest BCUT2D eigenvalue weighted by Crippen LogP contribution is -2.00. The minimum atomic E-state index is 0.582. The zero-order valence-corrected chi connectivity index (χ0v) is 70.7. The highest BCUT2D eigenvalue weighted by atomic mass is 32.1. The first-order valence-corrected chi connectivity index (χ1v) is 44.7. The molecule has 0 aliphatic rings. The maximum atomic E-state index is 6.36. The van der Waals surface area contributed by atoms with E-state index in [2.05, 4.69) is 322 Å². The van der Waals surface area contributed by atoms with Crippen molar-refractivity contribution in [3.8, 4) is 102 Å². The molecule has 0 spiro atoms. The summed E-state index contributed by atoms with van der Waals surface area (Å²) in [6.45, 7) is 0. The van der Waals surface area contributed by atoms with Crippen LogP contribution in [0.5, 0.6) is 0 Å². The maximum Gasteiger partial charge on any atom is 0.167 e. The van der Waals surface area contributed by atoms with Crippen LogP contribution in [0.25, 0.3) is 262 Å². The van der Waals surface area contributed by atoms with Gasteiger partial charge in [-0.1, -0.05) is 352 Å². The van der Waals surface area contributed by atoms with E-state index in [0.717, 1.165) is 88.2 Å². The molecule has 27 rings (SSSR count). The van der Waals surface area contributed by atoms with Crippen LogP contribution in [0.15, 0.2) is 423 Å². The largest absolute Gasteiger partial charge is 0.455 e. The van der Waals surface area contributed by atoms with Gasteiger partial charge in [0.15, 0.2) is 52.4 Å². The Labute approximate surface area is 746 Å². The first-order valence-electron chi connectivity index (χ1n) is 43.1. The molecule has 0 saturated heterocycles. The summed E-state index contributed by atoms with van der Waals surface area (Å²) in [5.74, 6) is 5.85. The van der Waals surface area contributed by atoms with Crippen molar-refractivity contribution >= 4 is 182 Å². The van der Waals surface area contributed by atoms with Crippen molar-refractivity contribution in [1.29, 1.82) is 0 Å². The molecule has 600 valence electrons. The van der Waals surface area contributed by atoms with Crippen LogP contribution in [0.1, 0.15) is 0 Å². The summed E-state index contributed by atoms with van der Waals surface area (Å²) in [4.78, 5) is 45.0. The Hall–Kier alpha value is -16.8. The summed E-state index contributed by atoms with van der Waals surface area (Å²) >= 11 is 3.62. The van der Waals surface area contributed by atoms with Gasteiger partial charge in [-0.2, -0.15) is 0 Å². The Morgan fingerprint density at radius 3 is 0.860 bits per heavy atom. The molecule has 27 aromatic rings. The van der Waals surface area contributed by atoms with Crippen molar-refractivity contribution < 1.29 is 4.42 Å². The monoisotopic (exact) mass is 1680 g/mol. The Kier molecular flexibility index (Phi) is 18.1. The predicted molar refractivity (Wildman–Crippen MR) is 539 cm³/mol. The molecule has 21 aromatic carbocycles. The minimum Gasteiger partial charge on any atom is -0.455 e. The van der Waals surface area contributed by atoms with Gasteiger partial charge in [0, 0.05) is 95.6 Å². The van der Waals surface area contributed by atoms with Crippen molar-refractivity contribution in [1.82, 2.24) is 44.9 Å². The third kappa shape index (κ3) is 13.4. The highest BCUT2D eigenvalue weighted by Crippen LogP contribution is 2.44. The van der Waals surface area contributed by atoms with Gasteiger partial charge in [-0.15, -0.1) is 22.7 Å². The van der Waals surface area contributed by atoms with Crippen LogP contribution in [0.4, 0.5) is 0 Å². The number of fused-ring (bicyclic) bond motifs is 24. The third-order valence-corrected chi connectivity index (χ3v) is 27.2. The first kappa shape index (κ1) is 74.8. The second-order valence-electron chi connectivity index (χ2n) is 32.6. The zero-order chi connectivity index (χ0) is 85.0. The molecule has 12 heteroatoms. The molecular weight excluding hydrogens is 1610 g/mol. The van der Waals surface area contributed by atoms with Gasteiger partial charge < -0.3 is 4.42 Å². The topological polar surface area (TPSA) is 129 Å². The number of thiophene rings is 2. The Morgan fingerprint density at radius 2 is 0.426 bits per heavy atom. The average Bonchev–Trinajstić information content (AvgIpc) is 1.70. The molecule has 0 amide bonds. The number of nitrogens with zero attached hydrogens (tertiary/aromatic N) is 9. The average molecular weight is 1680 g/mol. The van der Waals surface area contributed by atoms with E-state index in [9.17, 15) is 0 Å². The van der Waals surface area contributed by atoms with Crippen LogP contribution in [0.2, 0.25) is 0 Å². The lowest BCUT2D eigenvalue weighted by atomic mass is 9.96. The van der Waals surface area contributed by atoms with E-state index in [1.165, 1.54) is 121 Å². The summed E-state index contributed by atoms with van der Waals surface area (Å²) in [6.07, 6.45) is 0. The van der Waals surface area contributed by atoms with E-state index in [0.29, 0.717) is 52.4 Å². The third-order valence-electron chi connectivity index (χ3n) is 24.9. The number of aromatic nitrogens is 9. The van der Waals surface area contributed by atoms with Crippen molar-refractivity contribution in [2.75, 3.05) is 0 Å². The van der Waals surface area contributed by atoms with Crippen LogP contribution >= 0.6 is 22.7 Å². The van der Waals surface area contributed by atoms with Crippen LogP contribution in [0.3, 0.4) is 0 Å². The molecule has 0 atom stereocenters. The van der Waals surface area contributed by atoms with Gasteiger partial charge >= 0.3 is 0 Å². The summed E-state index contributed by atoms with van der Waals surface area (Å²) in [6, 6.07) is 147. The summed E-state index contributed by atoms with van der Waals surface area (Å²) in [7, 11) is 0. The molecule has 10 nitrogen and oxygen atoms in total. The zero-order valence-electron chi connectivity index (χ0n) is 69.1. The van der Waals surface area contributed by atoms with E-state index < -0.39 is 0 Å². The number of para-hydroxylation sites is 2. The van der Waals surface area contributed by atoms with Gasteiger partial charge in [-0.3, -0.25) is 0 Å². The second-order valence-corrected chi connectivity index (χ2v) is 34.7. The van der Waals surface area contributed by atoms with Crippen LogP contribution in [0, 0.1) is 0 Å². The molecule has 0 unspecified atom stereocenters. The SMILES string of the molecule is c1ccc(-c2nc(-c3ccc4c(ccc5c6ccccc6ccc45)c3)nc(-c3ccc4c(c3)sc3ccccc34)n2)cc1.c1ccc(-c2nc(-c3ccc4c(ccc5c6ccccc6ccc45)c3)nc(-c3ccc4sc5ccccc5c4c3)n2)cc1.c1ccc(-c2nc(-c3ccc4c(ccc5c6ccccc6ccc45)c3)nc(-c3cccc4c3oc3ccccc34)n2)cc1.